The van der Waals surface area contributed by atoms with Crippen molar-refractivity contribution in [1.29, 1.82) is 0 Å². The summed E-state index contributed by atoms with van der Waals surface area (Å²) in [5.74, 6) is -1.24. The van der Waals surface area contributed by atoms with Crippen molar-refractivity contribution in [3.8, 4) is 5.75 Å². The lowest BCUT2D eigenvalue weighted by Crippen LogP contribution is -2.30. The first-order valence-corrected chi connectivity index (χ1v) is 7.43. The predicted octanol–water partition coefficient (Wildman–Crippen LogP) is 3.96. The molecule has 122 valence electrons. The van der Waals surface area contributed by atoms with E-state index in [4.69, 9.17) is 4.74 Å². The van der Waals surface area contributed by atoms with Crippen LogP contribution >= 0.6 is 0 Å². The monoisotopic (exact) mass is 319 g/mol. The van der Waals surface area contributed by atoms with E-state index in [1.807, 2.05) is 24.3 Å². The van der Waals surface area contributed by atoms with Gasteiger partial charge in [-0.25, -0.2) is 8.78 Å². The van der Waals surface area contributed by atoms with Crippen molar-refractivity contribution in [3.05, 3.63) is 59.7 Å². The molecule has 0 fully saturated rings. The maximum absolute atomic E-state index is 13.3. The average molecular weight is 319 g/mol. The summed E-state index contributed by atoms with van der Waals surface area (Å²) in [6.07, 6.45) is 0.863. The molecule has 0 atom stereocenters. The van der Waals surface area contributed by atoms with Gasteiger partial charge >= 0.3 is 0 Å². The first kappa shape index (κ1) is 16.9. The van der Waals surface area contributed by atoms with Crippen LogP contribution in [-0.4, -0.2) is 19.6 Å². The number of amides is 1. The molecule has 0 bridgehead atoms. The summed E-state index contributed by atoms with van der Waals surface area (Å²) < 4.78 is 31.4. The number of hydrogen-bond donors (Lipinski definition) is 0. The van der Waals surface area contributed by atoms with Crippen molar-refractivity contribution < 1.29 is 18.3 Å². The summed E-state index contributed by atoms with van der Waals surface area (Å²) in [5.41, 5.74) is 1.38. The van der Waals surface area contributed by atoms with Gasteiger partial charge < -0.3 is 9.64 Å². The second-order valence-corrected chi connectivity index (χ2v) is 5.08. The number of anilines is 1. The topological polar surface area (TPSA) is 29.5 Å². The maximum Gasteiger partial charge on any atom is 0.227 e. The fraction of sp³-hybridized carbons (Fsp3) is 0.278. The van der Waals surface area contributed by atoms with Gasteiger partial charge in [-0.3, -0.25) is 4.79 Å². The van der Waals surface area contributed by atoms with Crippen molar-refractivity contribution in [1.82, 2.24) is 0 Å². The Morgan fingerprint density at radius 1 is 1.09 bits per heavy atom. The molecule has 0 aliphatic carbocycles. The third kappa shape index (κ3) is 4.28. The van der Waals surface area contributed by atoms with Gasteiger partial charge in [0, 0.05) is 24.7 Å². The molecule has 2 rings (SSSR count). The van der Waals surface area contributed by atoms with Crippen LogP contribution in [0.3, 0.4) is 0 Å². The number of hydrogen-bond acceptors (Lipinski definition) is 2. The summed E-state index contributed by atoms with van der Waals surface area (Å²) in [5, 5.41) is 0. The van der Waals surface area contributed by atoms with Crippen LogP contribution in [0.25, 0.3) is 0 Å². The van der Waals surface area contributed by atoms with Crippen LogP contribution in [-0.2, 0) is 11.2 Å². The highest BCUT2D eigenvalue weighted by atomic mass is 19.2. The molecule has 3 nitrogen and oxygen atoms in total. The van der Waals surface area contributed by atoms with Crippen LogP contribution in [0.15, 0.2) is 42.5 Å². The highest BCUT2D eigenvalue weighted by molar-refractivity contribution is 5.93. The van der Waals surface area contributed by atoms with E-state index in [9.17, 15) is 13.6 Å². The highest BCUT2D eigenvalue weighted by Gasteiger charge is 2.15. The van der Waals surface area contributed by atoms with Gasteiger partial charge in [-0.05, 0) is 43.2 Å². The smallest absolute Gasteiger partial charge is 0.227 e. The first-order chi connectivity index (χ1) is 11.0. The molecule has 5 heteroatoms. The predicted molar refractivity (Wildman–Crippen MR) is 85.7 cm³/mol. The number of carbonyl (C=O) groups is 1. The first-order valence-electron chi connectivity index (χ1n) is 7.43. The van der Waals surface area contributed by atoms with Crippen molar-refractivity contribution in [2.24, 2.45) is 0 Å². The fourth-order valence-electron chi connectivity index (χ4n) is 2.33. The second-order valence-electron chi connectivity index (χ2n) is 5.08. The van der Waals surface area contributed by atoms with Gasteiger partial charge in [-0.2, -0.15) is 0 Å². The molecule has 0 saturated heterocycles. The van der Waals surface area contributed by atoms with Crippen molar-refractivity contribution >= 4 is 11.6 Å². The van der Waals surface area contributed by atoms with E-state index >= 15 is 0 Å². The third-order valence-corrected chi connectivity index (χ3v) is 3.62. The Morgan fingerprint density at radius 2 is 1.78 bits per heavy atom. The number of aryl methyl sites for hydroxylation is 1. The molecule has 0 saturated carbocycles. The Hall–Kier alpha value is -2.43. The molecule has 23 heavy (non-hydrogen) atoms. The second kappa shape index (κ2) is 7.72. The maximum atomic E-state index is 13.3. The average Bonchev–Trinajstić information content (AvgIpc) is 2.57. The Morgan fingerprint density at radius 3 is 2.35 bits per heavy atom. The van der Waals surface area contributed by atoms with Gasteiger partial charge in [0.2, 0.25) is 5.91 Å². The van der Waals surface area contributed by atoms with Crippen LogP contribution in [0.2, 0.25) is 0 Å². The van der Waals surface area contributed by atoms with Crippen molar-refractivity contribution in [2.45, 2.75) is 19.8 Å². The Balaban J connectivity index is 2.03. The van der Waals surface area contributed by atoms with Gasteiger partial charge in [0.1, 0.15) is 5.75 Å². The zero-order chi connectivity index (χ0) is 16.8. The lowest BCUT2D eigenvalue weighted by Gasteiger charge is -2.21. The molecule has 2 aromatic carbocycles. The highest BCUT2D eigenvalue weighted by Crippen LogP contribution is 2.19. The number of rotatable bonds is 6. The molecular weight excluding hydrogens is 300 g/mol. The SMILES string of the molecule is CCN(C(=O)CCc1ccc(OC)cc1)c1ccc(F)c(F)c1. The van der Waals surface area contributed by atoms with E-state index < -0.39 is 11.6 Å². The fourth-order valence-corrected chi connectivity index (χ4v) is 2.33. The largest absolute Gasteiger partial charge is 0.497 e. The number of ether oxygens (including phenoxy) is 1. The normalized spacial score (nSPS) is 10.4. The summed E-state index contributed by atoms with van der Waals surface area (Å²) in [6.45, 7) is 2.19. The molecule has 0 heterocycles. The molecule has 0 spiro atoms. The summed E-state index contributed by atoms with van der Waals surface area (Å²) >= 11 is 0. The number of carbonyl (C=O) groups excluding carboxylic acids is 1. The molecule has 0 aliphatic rings. The molecule has 0 aliphatic heterocycles. The van der Waals surface area contributed by atoms with Gasteiger partial charge in [0.05, 0.1) is 7.11 Å². The van der Waals surface area contributed by atoms with Crippen LogP contribution < -0.4 is 9.64 Å². The van der Waals surface area contributed by atoms with E-state index in [1.165, 1.54) is 11.0 Å². The Bertz CT molecular complexity index is 671. The molecule has 0 aromatic heterocycles. The molecule has 2 aromatic rings. The Kier molecular flexibility index (Phi) is 5.68. The van der Waals surface area contributed by atoms with E-state index in [1.54, 1.807) is 14.0 Å². The minimum absolute atomic E-state index is 0.130. The van der Waals surface area contributed by atoms with Crippen molar-refractivity contribution in [2.75, 3.05) is 18.6 Å². The third-order valence-electron chi connectivity index (χ3n) is 3.62. The van der Waals surface area contributed by atoms with E-state index in [0.29, 0.717) is 25.1 Å². The molecule has 0 unspecified atom stereocenters. The summed E-state index contributed by atoms with van der Waals surface area (Å²) in [7, 11) is 1.60. The van der Waals surface area contributed by atoms with Crippen molar-refractivity contribution in [3.63, 3.8) is 0 Å². The minimum atomic E-state index is -0.955. The number of halogens is 2. The van der Waals surface area contributed by atoms with Gasteiger partial charge in [0.15, 0.2) is 11.6 Å². The molecule has 0 radical (unpaired) electrons. The van der Waals surface area contributed by atoms with Gasteiger partial charge in [-0.15, -0.1) is 0 Å². The van der Waals surface area contributed by atoms with Gasteiger partial charge in [-0.1, -0.05) is 12.1 Å². The van der Waals surface area contributed by atoms with E-state index in [0.717, 1.165) is 23.4 Å². The number of benzene rings is 2. The summed E-state index contributed by atoms with van der Waals surface area (Å²) in [6, 6.07) is 11.0. The molecule has 0 N–H and O–H groups in total. The molecular formula is C18H19F2NO2. The standard InChI is InChI=1S/C18H19F2NO2/c1-3-21(14-7-10-16(19)17(20)12-14)18(22)11-6-13-4-8-15(23-2)9-5-13/h4-5,7-10,12H,3,6,11H2,1-2H3. The molecule has 1 amide bonds. The summed E-state index contributed by atoms with van der Waals surface area (Å²) in [4.78, 5) is 13.8. The quantitative estimate of drug-likeness (QED) is 0.806. The minimum Gasteiger partial charge on any atom is -0.497 e. The van der Waals surface area contributed by atoms with Crippen LogP contribution in [0.4, 0.5) is 14.5 Å². The Labute approximate surface area is 134 Å². The van der Waals surface area contributed by atoms with Crippen LogP contribution in [0.1, 0.15) is 18.9 Å². The number of nitrogens with zero attached hydrogens (tertiary/aromatic N) is 1. The zero-order valence-electron chi connectivity index (χ0n) is 13.2. The van der Waals surface area contributed by atoms with Gasteiger partial charge in [0.25, 0.3) is 0 Å². The number of methoxy groups -OCH3 is 1. The lowest BCUT2D eigenvalue weighted by molar-refractivity contribution is -0.118. The van der Waals surface area contributed by atoms with Crippen LogP contribution in [0, 0.1) is 11.6 Å². The van der Waals surface area contributed by atoms with Crippen LogP contribution in [0.5, 0.6) is 5.75 Å². The zero-order valence-corrected chi connectivity index (χ0v) is 13.2. The lowest BCUT2D eigenvalue weighted by atomic mass is 10.1. The van der Waals surface area contributed by atoms with E-state index in [2.05, 4.69) is 0 Å². The van der Waals surface area contributed by atoms with E-state index in [-0.39, 0.29) is 5.91 Å².